The fraction of sp³-hybridized carbons (Fsp3) is 0.733. The highest BCUT2D eigenvalue weighted by molar-refractivity contribution is 5.74. The SMILES string of the molecule is CCCC(CCNC(=O)NC1CC=CC1)CCC(=O)O. The number of carbonyl (C=O) groups excluding carboxylic acids is 1. The molecule has 0 saturated heterocycles. The van der Waals surface area contributed by atoms with Crippen LogP contribution in [0, 0.1) is 5.92 Å². The molecule has 1 rings (SSSR count). The summed E-state index contributed by atoms with van der Waals surface area (Å²) in [5.74, 6) is -0.366. The van der Waals surface area contributed by atoms with Gasteiger partial charge in [-0.05, 0) is 31.6 Å². The summed E-state index contributed by atoms with van der Waals surface area (Å²) >= 11 is 0. The second-order valence-electron chi connectivity index (χ2n) is 5.42. The van der Waals surface area contributed by atoms with Gasteiger partial charge in [0.1, 0.15) is 0 Å². The number of aliphatic carboxylic acids is 1. The molecule has 5 heteroatoms. The number of hydrogen-bond donors (Lipinski definition) is 3. The highest BCUT2D eigenvalue weighted by Crippen LogP contribution is 2.17. The van der Waals surface area contributed by atoms with Crippen LogP contribution >= 0.6 is 0 Å². The highest BCUT2D eigenvalue weighted by Gasteiger charge is 2.14. The Hall–Kier alpha value is -1.52. The maximum absolute atomic E-state index is 11.7. The van der Waals surface area contributed by atoms with E-state index in [4.69, 9.17) is 5.11 Å². The Balaban J connectivity index is 2.14. The number of carboxylic acid groups (broad SMARTS) is 1. The predicted molar refractivity (Wildman–Crippen MR) is 78.6 cm³/mol. The number of nitrogens with one attached hydrogen (secondary N) is 2. The first kappa shape index (κ1) is 16.5. The van der Waals surface area contributed by atoms with E-state index in [0.29, 0.717) is 18.9 Å². The van der Waals surface area contributed by atoms with Crippen molar-refractivity contribution in [3.8, 4) is 0 Å². The van der Waals surface area contributed by atoms with Crippen molar-refractivity contribution in [1.82, 2.24) is 10.6 Å². The summed E-state index contributed by atoms with van der Waals surface area (Å²) in [5, 5.41) is 14.5. The molecule has 0 spiro atoms. The molecule has 3 N–H and O–H groups in total. The van der Waals surface area contributed by atoms with Crippen LogP contribution in [0.2, 0.25) is 0 Å². The Morgan fingerprint density at radius 1 is 1.25 bits per heavy atom. The van der Waals surface area contributed by atoms with E-state index in [1.807, 2.05) is 0 Å². The number of rotatable bonds is 9. The molecular formula is C15H26N2O3. The monoisotopic (exact) mass is 282 g/mol. The number of hydrogen-bond acceptors (Lipinski definition) is 2. The minimum Gasteiger partial charge on any atom is -0.481 e. The maximum Gasteiger partial charge on any atom is 0.315 e. The van der Waals surface area contributed by atoms with E-state index >= 15 is 0 Å². The number of urea groups is 1. The molecule has 0 radical (unpaired) electrons. The highest BCUT2D eigenvalue weighted by atomic mass is 16.4. The average Bonchev–Trinajstić information content (AvgIpc) is 2.88. The Bertz CT molecular complexity index is 334. The van der Waals surface area contributed by atoms with Crippen molar-refractivity contribution in [2.75, 3.05) is 6.54 Å². The normalized spacial score (nSPS) is 16.1. The fourth-order valence-corrected chi connectivity index (χ4v) is 2.53. The first-order chi connectivity index (χ1) is 9.61. The van der Waals surface area contributed by atoms with Crippen molar-refractivity contribution >= 4 is 12.0 Å². The minimum absolute atomic E-state index is 0.118. The maximum atomic E-state index is 11.7. The Kier molecular flexibility index (Phi) is 7.77. The molecule has 0 aromatic carbocycles. The van der Waals surface area contributed by atoms with Crippen molar-refractivity contribution < 1.29 is 14.7 Å². The second-order valence-corrected chi connectivity index (χ2v) is 5.42. The third-order valence-electron chi connectivity index (χ3n) is 3.64. The lowest BCUT2D eigenvalue weighted by Crippen LogP contribution is -2.41. The zero-order valence-electron chi connectivity index (χ0n) is 12.2. The van der Waals surface area contributed by atoms with Gasteiger partial charge in [-0.3, -0.25) is 4.79 Å². The zero-order valence-corrected chi connectivity index (χ0v) is 12.2. The van der Waals surface area contributed by atoms with Crippen LogP contribution in [-0.2, 0) is 4.79 Å². The van der Waals surface area contributed by atoms with Crippen LogP contribution in [0.4, 0.5) is 4.79 Å². The van der Waals surface area contributed by atoms with E-state index < -0.39 is 5.97 Å². The van der Waals surface area contributed by atoms with Crippen molar-refractivity contribution in [3.63, 3.8) is 0 Å². The predicted octanol–water partition coefficient (Wildman–Crippen LogP) is 2.68. The average molecular weight is 282 g/mol. The first-order valence-corrected chi connectivity index (χ1v) is 7.53. The van der Waals surface area contributed by atoms with Crippen LogP contribution in [0.25, 0.3) is 0 Å². The first-order valence-electron chi connectivity index (χ1n) is 7.53. The van der Waals surface area contributed by atoms with Crippen LogP contribution in [-0.4, -0.2) is 29.7 Å². The Morgan fingerprint density at radius 3 is 2.55 bits per heavy atom. The van der Waals surface area contributed by atoms with Gasteiger partial charge in [0.15, 0.2) is 0 Å². The number of carboxylic acids is 1. The lowest BCUT2D eigenvalue weighted by Gasteiger charge is -2.17. The van der Waals surface area contributed by atoms with Gasteiger partial charge in [-0.25, -0.2) is 4.79 Å². The topological polar surface area (TPSA) is 78.4 Å². The summed E-state index contributed by atoms with van der Waals surface area (Å²) in [6.45, 7) is 2.71. The van der Waals surface area contributed by atoms with Gasteiger partial charge in [0.2, 0.25) is 0 Å². The third-order valence-corrected chi connectivity index (χ3v) is 3.64. The molecule has 0 saturated carbocycles. The van der Waals surface area contributed by atoms with Crippen LogP contribution in [0.3, 0.4) is 0 Å². The van der Waals surface area contributed by atoms with E-state index in [-0.39, 0.29) is 18.5 Å². The standard InChI is InChI=1S/C15H26N2O3/c1-2-5-12(8-9-14(18)19)10-11-16-15(20)17-13-6-3-4-7-13/h3-4,12-13H,2,5-11H2,1H3,(H,18,19)(H2,16,17,20). The summed E-state index contributed by atoms with van der Waals surface area (Å²) in [4.78, 5) is 22.3. The van der Waals surface area contributed by atoms with E-state index in [1.165, 1.54) is 0 Å². The van der Waals surface area contributed by atoms with Crippen molar-refractivity contribution in [3.05, 3.63) is 12.2 Å². The zero-order chi connectivity index (χ0) is 14.8. The quantitative estimate of drug-likeness (QED) is 0.569. The fourth-order valence-electron chi connectivity index (χ4n) is 2.53. The smallest absolute Gasteiger partial charge is 0.315 e. The molecule has 0 bridgehead atoms. The third kappa shape index (κ3) is 7.16. The van der Waals surface area contributed by atoms with Crippen molar-refractivity contribution in [1.29, 1.82) is 0 Å². The van der Waals surface area contributed by atoms with Gasteiger partial charge in [0, 0.05) is 19.0 Å². The molecule has 0 aliphatic heterocycles. The molecule has 1 atom stereocenters. The Morgan fingerprint density at radius 2 is 1.95 bits per heavy atom. The van der Waals surface area contributed by atoms with E-state index in [1.54, 1.807) is 0 Å². The molecule has 0 heterocycles. The molecule has 1 unspecified atom stereocenters. The summed E-state index contributed by atoms with van der Waals surface area (Å²) in [6.07, 6.45) is 9.78. The molecule has 20 heavy (non-hydrogen) atoms. The van der Waals surface area contributed by atoms with E-state index in [0.717, 1.165) is 32.1 Å². The molecule has 1 aliphatic carbocycles. The summed E-state index contributed by atoms with van der Waals surface area (Å²) in [5.41, 5.74) is 0. The van der Waals surface area contributed by atoms with Gasteiger partial charge in [0.05, 0.1) is 0 Å². The molecule has 5 nitrogen and oxygen atoms in total. The van der Waals surface area contributed by atoms with E-state index in [2.05, 4.69) is 29.7 Å². The molecule has 1 aliphatic rings. The van der Waals surface area contributed by atoms with Crippen LogP contribution < -0.4 is 10.6 Å². The number of amides is 2. The van der Waals surface area contributed by atoms with Gasteiger partial charge in [0.25, 0.3) is 0 Å². The van der Waals surface area contributed by atoms with Crippen LogP contribution in [0.1, 0.15) is 51.9 Å². The van der Waals surface area contributed by atoms with Gasteiger partial charge < -0.3 is 15.7 Å². The van der Waals surface area contributed by atoms with Gasteiger partial charge in [-0.1, -0.05) is 31.9 Å². The molecular weight excluding hydrogens is 256 g/mol. The molecule has 0 aromatic heterocycles. The van der Waals surface area contributed by atoms with Crippen molar-refractivity contribution in [2.45, 2.75) is 57.9 Å². The minimum atomic E-state index is -0.745. The molecule has 0 fully saturated rings. The van der Waals surface area contributed by atoms with Crippen LogP contribution in [0.15, 0.2) is 12.2 Å². The van der Waals surface area contributed by atoms with E-state index in [9.17, 15) is 9.59 Å². The van der Waals surface area contributed by atoms with Gasteiger partial charge >= 0.3 is 12.0 Å². The lowest BCUT2D eigenvalue weighted by atomic mass is 9.94. The summed E-state index contributed by atoms with van der Waals surface area (Å²) < 4.78 is 0. The van der Waals surface area contributed by atoms with Crippen LogP contribution in [0.5, 0.6) is 0 Å². The van der Waals surface area contributed by atoms with Gasteiger partial charge in [-0.2, -0.15) is 0 Å². The summed E-state index contributed by atoms with van der Waals surface area (Å²) in [7, 11) is 0. The number of carbonyl (C=O) groups is 2. The molecule has 114 valence electrons. The summed E-state index contributed by atoms with van der Waals surface area (Å²) in [6, 6.07) is 0.112. The van der Waals surface area contributed by atoms with Crippen molar-refractivity contribution in [2.24, 2.45) is 5.92 Å². The Labute approximate surface area is 120 Å². The molecule has 2 amide bonds. The van der Waals surface area contributed by atoms with Gasteiger partial charge in [-0.15, -0.1) is 0 Å². The lowest BCUT2D eigenvalue weighted by molar-refractivity contribution is -0.137. The largest absolute Gasteiger partial charge is 0.481 e. The molecule has 0 aromatic rings. The second kappa shape index (κ2) is 9.39.